The largest absolute Gasteiger partial charge is 0.507 e. The first-order valence-electron chi connectivity index (χ1n) is 10.8. The van der Waals surface area contributed by atoms with Gasteiger partial charge in [-0.3, -0.25) is 14.5 Å². The number of aromatic nitrogens is 1. The second kappa shape index (κ2) is 9.52. The molecule has 6 nitrogen and oxygen atoms in total. The number of Topliss-reactive ketones (excluding diaryl/α,β-unsaturated/α-hetero) is 1. The van der Waals surface area contributed by atoms with Crippen molar-refractivity contribution in [3.63, 3.8) is 0 Å². The van der Waals surface area contributed by atoms with Gasteiger partial charge < -0.3 is 9.84 Å². The maximum Gasteiger partial charge on any atom is 0.301 e. The highest BCUT2D eigenvalue weighted by molar-refractivity contribution is 7.14. The molecule has 1 unspecified atom stereocenters. The van der Waals surface area contributed by atoms with E-state index in [4.69, 9.17) is 4.74 Å². The van der Waals surface area contributed by atoms with E-state index in [-0.39, 0.29) is 16.9 Å². The van der Waals surface area contributed by atoms with Gasteiger partial charge in [-0.1, -0.05) is 42.5 Å². The van der Waals surface area contributed by atoms with Crippen LogP contribution in [0.25, 0.3) is 5.76 Å². The van der Waals surface area contributed by atoms with E-state index in [2.05, 4.69) is 4.98 Å². The van der Waals surface area contributed by atoms with Gasteiger partial charge >= 0.3 is 5.91 Å². The highest BCUT2D eigenvalue weighted by Crippen LogP contribution is 2.43. The van der Waals surface area contributed by atoms with E-state index in [1.807, 2.05) is 30.3 Å². The molecule has 5 rings (SSSR count). The van der Waals surface area contributed by atoms with E-state index < -0.39 is 23.5 Å². The number of hydrogen-bond donors (Lipinski definition) is 1. The Kier molecular flexibility index (Phi) is 6.12. The van der Waals surface area contributed by atoms with Gasteiger partial charge in [0, 0.05) is 17.1 Å². The topological polar surface area (TPSA) is 79.7 Å². The molecule has 0 spiro atoms. The molecule has 1 fully saturated rings. The standard InChI is InChI=1S/C27H19FN2O4S/c28-20-11-9-18(10-12-20)24(31)22-23(30(26(33)25(22)32)27-29-13-14-35-27)19-7-4-8-21(15-19)34-16-17-5-2-1-3-6-17/h1-15,23,31H,16H2. The summed E-state index contributed by atoms with van der Waals surface area (Å²) < 4.78 is 19.4. The van der Waals surface area contributed by atoms with Crippen LogP contribution in [0.2, 0.25) is 0 Å². The van der Waals surface area contributed by atoms with Gasteiger partial charge in [-0.25, -0.2) is 9.37 Å². The van der Waals surface area contributed by atoms with Crippen LogP contribution >= 0.6 is 11.3 Å². The van der Waals surface area contributed by atoms with Crippen molar-refractivity contribution in [2.45, 2.75) is 12.6 Å². The third kappa shape index (κ3) is 4.43. The van der Waals surface area contributed by atoms with Gasteiger partial charge in [0.05, 0.1) is 11.6 Å². The number of rotatable bonds is 6. The Labute approximate surface area is 204 Å². The molecule has 0 bridgehead atoms. The maximum atomic E-state index is 13.4. The Balaban J connectivity index is 1.58. The molecule has 174 valence electrons. The van der Waals surface area contributed by atoms with E-state index >= 15 is 0 Å². The predicted molar refractivity (Wildman–Crippen MR) is 131 cm³/mol. The molecule has 1 N–H and O–H groups in total. The normalized spacial score (nSPS) is 17.1. The van der Waals surface area contributed by atoms with Crippen molar-refractivity contribution in [1.82, 2.24) is 4.98 Å². The number of carbonyl (C=O) groups is 2. The molecule has 1 atom stereocenters. The number of thiazole rings is 1. The fourth-order valence-electron chi connectivity index (χ4n) is 3.96. The zero-order chi connectivity index (χ0) is 24.4. The molecule has 0 radical (unpaired) electrons. The molecule has 0 saturated carbocycles. The molecule has 35 heavy (non-hydrogen) atoms. The Hall–Kier alpha value is -4.30. The fourth-order valence-corrected chi connectivity index (χ4v) is 4.63. The maximum absolute atomic E-state index is 13.4. The summed E-state index contributed by atoms with van der Waals surface area (Å²) in [6.45, 7) is 0.340. The summed E-state index contributed by atoms with van der Waals surface area (Å²) in [5.41, 5.74) is 1.68. The van der Waals surface area contributed by atoms with E-state index in [9.17, 15) is 19.1 Å². The number of ether oxygens (including phenoxy) is 1. The zero-order valence-corrected chi connectivity index (χ0v) is 19.1. The van der Waals surface area contributed by atoms with Crippen LogP contribution in [0.5, 0.6) is 5.75 Å². The number of benzene rings is 3. The third-order valence-corrected chi connectivity index (χ3v) is 6.38. The van der Waals surface area contributed by atoms with Crippen LogP contribution in [0, 0.1) is 5.82 Å². The van der Waals surface area contributed by atoms with Crippen LogP contribution in [-0.4, -0.2) is 21.8 Å². The Morgan fingerprint density at radius 2 is 1.80 bits per heavy atom. The molecule has 1 saturated heterocycles. The molecule has 2 heterocycles. The van der Waals surface area contributed by atoms with Crippen LogP contribution in [0.4, 0.5) is 9.52 Å². The number of hydrogen-bond acceptors (Lipinski definition) is 6. The second-order valence-corrected chi connectivity index (χ2v) is 8.71. The van der Waals surface area contributed by atoms with Crippen molar-refractivity contribution < 1.29 is 23.8 Å². The summed E-state index contributed by atoms with van der Waals surface area (Å²) in [7, 11) is 0. The lowest BCUT2D eigenvalue weighted by Gasteiger charge is -2.23. The van der Waals surface area contributed by atoms with Crippen LogP contribution in [0.15, 0.2) is 96.0 Å². The van der Waals surface area contributed by atoms with E-state index in [1.54, 1.807) is 29.6 Å². The molecule has 8 heteroatoms. The minimum absolute atomic E-state index is 0.1000. The SMILES string of the molecule is O=C1C(=O)N(c2nccs2)C(c2cccc(OCc3ccccc3)c2)C1=C(O)c1ccc(F)cc1. The molecule has 1 aliphatic heterocycles. The number of aliphatic hydroxyl groups excluding tert-OH is 1. The first-order chi connectivity index (χ1) is 17.0. The van der Waals surface area contributed by atoms with Crippen LogP contribution in [0.3, 0.4) is 0 Å². The predicted octanol–water partition coefficient (Wildman–Crippen LogP) is 5.49. The van der Waals surface area contributed by atoms with Crippen molar-refractivity contribution >= 4 is 33.9 Å². The average Bonchev–Trinajstić information content (AvgIpc) is 3.50. The van der Waals surface area contributed by atoms with Crippen molar-refractivity contribution in [2.24, 2.45) is 0 Å². The average molecular weight is 487 g/mol. The highest BCUT2D eigenvalue weighted by atomic mass is 32.1. The molecule has 4 aromatic rings. The Morgan fingerprint density at radius 3 is 2.51 bits per heavy atom. The number of aliphatic hydroxyl groups is 1. The fraction of sp³-hybridized carbons (Fsp3) is 0.0741. The number of halogens is 1. The highest BCUT2D eigenvalue weighted by Gasteiger charge is 2.48. The van der Waals surface area contributed by atoms with Crippen LogP contribution < -0.4 is 9.64 Å². The monoisotopic (exact) mass is 486 g/mol. The zero-order valence-electron chi connectivity index (χ0n) is 18.3. The van der Waals surface area contributed by atoms with E-state index in [0.29, 0.717) is 23.1 Å². The van der Waals surface area contributed by atoms with Gasteiger partial charge in [-0.2, -0.15) is 0 Å². The second-order valence-electron chi connectivity index (χ2n) is 7.84. The molecular weight excluding hydrogens is 467 g/mol. The summed E-state index contributed by atoms with van der Waals surface area (Å²) in [5, 5.41) is 13.1. The summed E-state index contributed by atoms with van der Waals surface area (Å²) in [6.07, 6.45) is 1.54. The lowest BCUT2D eigenvalue weighted by Crippen LogP contribution is -2.29. The minimum Gasteiger partial charge on any atom is -0.507 e. The number of amides is 1. The molecule has 1 aliphatic rings. The molecular formula is C27H19FN2O4S. The van der Waals surface area contributed by atoms with Gasteiger partial charge in [0.1, 0.15) is 23.9 Å². The van der Waals surface area contributed by atoms with Gasteiger partial charge in [0.15, 0.2) is 5.13 Å². The molecule has 1 aromatic heterocycles. The van der Waals surface area contributed by atoms with Crippen LogP contribution in [-0.2, 0) is 16.2 Å². The summed E-state index contributed by atoms with van der Waals surface area (Å²) in [4.78, 5) is 31.7. The van der Waals surface area contributed by atoms with Gasteiger partial charge in [-0.15, -0.1) is 11.3 Å². The van der Waals surface area contributed by atoms with Gasteiger partial charge in [-0.05, 0) is 47.5 Å². The first-order valence-corrected chi connectivity index (χ1v) is 11.6. The number of ketones is 1. The number of nitrogens with zero attached hydrogens (tertiary/aromatic N) is 2. The van der Waals surface area contributed by atoms with E-state index in [0.717, 1.165) is 5.56 Å². The Morgan fingerprint density at radius 1 is 1.03 bits per heavy atom. The van der Waals surface area contributed by atoms with E-state index in [1.165, 1.54) is 46.7 Å². The van der Waals surface area contributed by atoms with Crippen LogP contribution in [0.1, 0.15) is 22.7 Å². The third-order valence-electron chi connectivity index (χ3n) is 5.61. The summed E-state index contributed by atoms with van der Waals surface area (Å²) >= 11 is 1.20. The first kappa shape index (κ1) is 22.5. The number of carbonyl (C=O) groups excluding carboxylic acids is 2. The van der Waals surface area contributed by atoms with Gasteiger partial charge in [0.25, 0.3) is 5.78 Å². The lowest BCUT2D eigenvalue weighted by atomic mass is 9.95. The lowest BCUT2D eigenvalue weighted by molar-refractivity contribution is -0.132. The van der Waals surface area contributed by atoms with Gasteiger partial charge in [0.2, 0.25) is 0 Å². The molecule has 3 aromatic carbocycles. The smallest absolute Gasteiger partial charge is 0.301 e. The molecule has 1 amide bonds. The summed E-state index contributed by atoms with van der Waals surface area (Å²) in [5.74, 6) is -1.97. The Bertz CT molecular complexity index is 1400. The number of anilines is 1. The van der Waals surface area contributed by atoms with Crippen molar-refractivity contribution in [3.8, 4) is 5.75 Å². The van der Waals surface area contributed by atoms with Crippen molar-refractivity contribution in [3.05, 3.63) is 119 Å². The van der Waals surface area contributed by atoms with Crippen molar-refractivity contribution in [1.29, 1.82) is 0 Å². The minimum atomic E-state index is -0.938. The molecule has 0 aliphatic carbocycles. The quantitative estimate of drug-likeness (QED) is 0.222. The summed E-state index contributed by atoms with van der Waals surface area (Å²) in [6, 6.07) is 20.8. The van der Waals surface area contributed by atoms with Crippen molar-refractivity contribution in [2.75, 3.05) is 4.90 Å².